The molecule has 0 saturated heterocycles. The van der Waals surface area contributed by atoms with E-state index in [1.165, 1.54) is 11.3 Å². The van der Waals surface area contributed by atoms with Gasteiger partial charge in [0.15, 0.2) is 5.01 Å². The van der Waals surface area contributed by atoms with Crippen LogP contribution < -0.4 is 10.5 Å². The lowest BCUT2D eigenvalue weighted by atomic mass is 10.1. The molecule has 0 amide bonds. The molecule has 0 saturated carbocycles. The Morgan fingerprint density at radius 1 is 1.35 bits per heavy atom. The van der Waals surface area contributed by atoms with Crippen LogP contribution >= 0.6 is 11.3 Å². The molecule has 0 spiro atoms. The van der Waals surface area contributed by atoms with Gasteiger partial charge in [-0.1, -0.05) is 17.4 Å². The molecule has 1 aromatic carbocycles. The van der Waals surface area contributed by atoms with Crippen LogP contribution in [0.1, 0.15) is 5.56 Å². The summed E-state index contributed by atoms with van der Waals surface area (Å²) in [5.41, 5.74) is 7.65. The highest BCUT2D eigenvalue weighted by Gasteiger charge is 2.12. The Morgan fingerprint density at radius 2 is 2.25 bits per heavy atom. The number of benzene rings is 1. The van der Waals surface area contributed by atoms with Gasteiger partial charge < -0.3 is 10.5 Å². The summed E-state index contributed by atoms with van der Waals surface area (Å²) in [5, 5.41) is 13.3. The number of ether oxygens (including phenoxy) is 1. The molecule has 6 nitrogen and oxygen atoms in total. The van der Waals surface area contributed by atoms with Crippen molar-refractivity contribution in [2.75, 3.05) is 12.8 Å². The average molecular weight is 287 g/mol. The van der Waals surface area contributed by atoms with Crippen molar-refractivity contribution in [1.82, 2.24) is 20.0 Å². The van der Waals surface area contributed by atoms with Crippen molar-refractivity contribution in [3.8, 4) is 16.3 Å². The summed E-state index contributed by atoms with van der Waals surface area (Å²) < 4.78 is 7.24. The molecule has 2 N–H and O–H groups in total. The Bertz CT molecular complexity index is 707. The topological polar surface area (TPSA) is 78.8 Å². The first-order valence-corrected chi connectivity index (χ1v) is 6.81. The maximum Gasteiger partial charge on any atom is 0.203 e. The van der Waals surface area contributed by atoms with Crippen LogP contribution in [-0.2, 0) is 6.54 Å². The van der Waals surface area contributed by atoms with Crippen molar-refractivity contribution < 1.29 is 4.74 Å². The first kappa shape index (κ1) is 12.6. The van der Waals surface area contributed by atoms with Crippen LogP contribution in [0, 0.1) is 0 Å². The monoisotopic (exact) mass is 287 g/mol. The van der Waals surface area contributed by atoms with E-state index in [1.807, 2.05) is 35.1 Å². The van der Waals surface area contributed by atoms with Gasteiger partial charge in [0.25, 0.3) is 0 Å². The largest absolute Gasteiger partial charge is 0.496 e. The van der Waals surface area contributed by atoms with Crippen LogP contribution in [0.3, 0.4) is 0 Å². The molecule has 0 unspecified atom stereocenters. The number of nitrogens with two attached hydrogens (primary N) is 1. The van der Waals surface area contributed by atoms with E-state index in [4.69, 9.17) is 10.5 Å². The number of nitrogen functional groups attached to an aromatic ring is 1. The number of methoxy groups -OCH3 is 1. The van der Waals surface area contributed by atoms with E-state index < -0.39 is 0 Å². The smallest absolute Gasteiger partial charge is 0.203 e. The van der Waals surface area contributed by atoms with Gasteiger partial charge in [-0.2, -0.15) is 5.10 Å². The van der Waals surface area contributed by atoms with E-state index in [0.29, 0.717) is 11.7 Å². The van der Waals surface area contributed by atoms with Gasteiger partial charge in [-0.05, 0) is 23.8 Å². The number of hydrogen-bond acceptors (Lipinski definition) is 6. The molecule has 3 aromatic rings. The maximum absolute atomic E-state index is 5.65. The third-order valence-electron chi connectivity index (χ3n) is 2.84. The SMILES string of the molecule is COc1ccc(Cn2cccn2)cc1-c1nnc(N)s1. The predicted molar refractivity (Wildman–Crippen MR) is 77.6 cm³/mol. The zero-order valence-electron chi connectivity index (χ0n) is 10.9. The molecule has 0 fully saturated rings. The van der Waals surface area contributed by atoms with Gasteiger partial charge in [0, 0.05) is 12.4 Å². The third kappa shape index (κ3) is 2.48. The van der Waals surface area contributed by atoms with E-state index in [2.05, 4.69) is 15.3 Å². The molecule has 0 radical (unpaired) electrons. The highest BCUT2D eigenvalue weighted by Crippen LogP contribution is 2.33. The number of nitrogens with zero attached hydrogens (tertiary/aromatic N) is 4. The van der Waals surface area contributed by atoms with Crippen molar-refractivity contribution >= 4 is 16.5 Å². The lowest BCUT2D eigenvalue weighted by molar-refractivity contribution is 0.416. The number of aromatic nitrogens is 4. The van der Waals surface area contributed by atoms with Crippen LogP contribution in [0.25, 0.3) is 10.6 Å². The molecule has 3 rings (SSSR count). The molecule has 2 aromatic heterocycles. The van der Waals surface area contributed by atoms with Gasteiger partial charge in [0.1, 0.15) is 5.75 Å². The second-order valence-corrected chi connectivity index (χ2v) is 5.19. The number of anilines is 1. The molecular weight excluding hydrogens is 274 g/mol. The van der Waals surface area contributed by atoms with E-state index >= 15 is 0 Å². The zero-order valence-corrected chi connectivity index (χ0v) is 11.7. The molecule has 0 bridgehead atoms. The summed E-state index contributed by atoms with van der Waals surface area (Å²) in [5.74, 6) is 0.755. The third-order valence-corrected chi connectivity index (χ3v) is 3.62. The predicted octanol–water partition coefficient (Wildman–Crippen LogP) is 2.04. The van der Waals surface area contributed by atoms with E-state index in [9.17, 15) is 0 Å². The number of rotatable bonds is 4. The minimum Gasteiger partial charge on any atom is -0.496 e. The first-order valence-electron chi connectivity index (χ1n) is 6.00. The highest BCUT2D eigenvalue weighted by atomic mass is 32.1. The van der Waals surface area contributed by atoms with Gasteiger partial charge >= 0.3 is 0 Å². The fourth-order valence-electron chi connectivity index (χ4n) is 1.95. The minimum atomic E-state index is 0.444. The van der Waals surface area contributed by atoms with Crippen LogP contribution in [0.5, 0.6) is 5.75 Å². The molecule has 0 aliphatic carbocycles. The quantitative estimate of drug-likeness (QED) is 0.794. The lowest BCUT2D eigenvalue weighted by Gasteiger charge is -2.08. The van der Waals surface area contributed by atoms with Crippen molar-refractivity contribution in [3.05, 3.63) is 42.2 Å². The van der Waals surface area contributed by atoms with E-state index in [0.717, 1.165) is 21.9 Å². The summed E-state index contributed by atoms with van der Waals surface area (Å²) in [7, 11) is 1.64. The zero-order chi connectivity index (χ0) is 13.9. The van der Waals surface area contributed by atoms with Gasteiger partial charge in [-0.15, -0.1) is 10.2 Å². The lowest BCUT2D eigenvalue weighted by Crippen LogP contribution is -2.00. The van der Waals surface area contributed by atoms with Gasteiger partial charge in [0.05, 0.1) is 19.2 Å². The van der Waals surface area contributed by atoms with Crippen molar-refractivity contribution in [3.63, 3.8) is 0 Å². The summed E-state index contributed by atoms with van der Waals surface area (Å²) in [6.07, 6.45) is 3.68. The van der Waals surface area contributed by atoms with Crippen LogP contribution in [-0.4, -0.2) is 27.1 Å². The number of hydrogen-bond donors (Lipinski definition) is 1. The van der Waals surface area contributed by atoms with Crippen molar-refractivity contribution in [2.24, 2.45) is 0 Å². The standard InChI is InChI=1S/C13H13N5OS/c1-19-11-4-3-9(8-18-6-2-5-15-18)7-10(11)12-16-17-13(14)20-12/h2-7H,8H2,1H3,(H2,14,17). The molecule has 102 valence electrons. The summed E-state index contributed by atoms with van der Waals surface area (Å²) in [6.45, 7) is 0.693. The molecule has 2 heterocycles. The van der Waals surface area contributed by atoms with E-state index in [1.54, 1.807) is 13.3 Å². The average Bonchev–Trinajstić information content (AvgIpc) is 3.10. The fraction of sp³-hybridized carbons (Fsp3) is 0.154. The van der Waals surface area contributed by atoms with Crippen LogP contribution in [0.2, 0.25) is 0 Å². The summed E-state index contributed by atoms with van der Waals surface area (Å²) >= 11 is 1.34. The fourth-order valence-corrected chi connectivity index (χ4v) is 2.58. The molecule has 0 atom stereocenters. The molecule has 7 heteroatoms. The molecular formula is C13H13N5OS. The van der Waals surface area contributed by atoms with Gasteiger partial charge in [0.2, 0.25) is 5.13 Å². The normalized spacial score (nSPS) is 10.7. The van der Waals surface area contributed by atoms with E-state index in [-0.39, 0.29) is 0 Å². The molecule has 0 aliphatic heterocycles. The highest BCUT2D eigenvalue weighted by molar-refractivity contribution is 7.18. The van der Waals surface area contributed by atoms with Crippen molar-refractivity contribution in [1.29, 1.82) is 0 Å². The van der Waals surface area contributed by atoms with Crippen LogP contribution in [0.15, 0.2) is 36.7 Å². The Hall–Kier alpha value is -2.41. The summed E-state index contributed by atoms with van der Waals surface area (Å²) in [6, 6.07) is 7.86. The Kier molecular flexibility index (Phi) is 3.34. The second kappa shape index (κ2) is 5.30. The first-order chi connectivity index (χ1) is 9.76. The summed E-state index contributed by atoms with van der Waals surface area (Å²) in [4.78, 5) is 0. The van der Waals surface area contributed by atoms with Gasteiger partial charge in [-0.3, -0.25) is 4.68 Å². The van der Waals surface area contributed by atoms with Crippen LogP contribution in [0.4, 0.5) is 5.13 Å². The van der Waals surface area contributed by atoms with Crippen molar-refractivity contribution in [2.45, 2.75) is 6.54 Å². The second-order valence-electron chi connectivity index (χ2n) is 4.18. The molecule has 20 heavy (non-hydrogen) atoms. The Balaban J connectivity index is 1.98. The Morgan fingerprint density at radius 3 is 2.90 bits per heavy atom. The Labute approximate surface area is 119 Å². The minimum absolute atomic E-state index is 0.444. The maximum atomic E-state index is 5.65. The van der Waals surface area contributed by atoms with Gasteiger partial charge in [-0.25, -0.2) is 0 Å². The molecule has 0 aliphatic rings.